The van der Waals surface area contributed by atoms with E-state index in [9.17, 15) is 0 Å². The van der Waals surface area contributed by atoms with Crippen molar-refractivity contribution in [2.75, 3.05) is 12.8 Å². The molecule has 1 aliphatic carbocycles. The van der Waals surface area contributed by atoms with Gasteiger partial charge in [-0.15, -0.1) is 0 Å². The lowest BCUT2D eigenvalue weighted by atomic mass is 9.80. The van der Waals surface area contributed by atoms with Crippen molar-refractivity contribution in [3.63, 3.8) is 0 Å². The Bertz CT molecular complexity index is 607. The molecule has 2 N–H and O–H groups in total. The number of rotatable bonds is 3. The fraction of sp³-hybridized carbons (Fsp3) is 0.600. The van der Waals surface area contributed by atoms with Crippen LogP contribution in [0.15, 0.2) is 12.1 Å². The van der Waals surface area contributed by atoms with Crippen LogP contribution in [0.5, 0.6) is 5.88 Å². The average Bonchev–Trinajstić information content (AvgIpc) is 2.77. The number of nitrogens with zero attached hydrogens (tertiary/aromatic N) is 3. The minimum Gasteiger partial charge on any atom is -0.481 e. The molecule has 1 aliphatic rings. The summed E-state index contributed by atoms with van der Waals surface area (Å²) in [5, 5.41) is 0. The third-order valence-electron chi connectivity index (χ3n) is 4.51. The van der Waals surface area contributed by atoms with Gasteiger partial charge < -0.3 is 10.5 Å². The molecule has 2 heterocycles. The molecule has 0 radical (unpaired) electrons. The number of imidazole rings is 1. The number of nitrogen functional groups attached to an aromatic ring is 1. The molecule has 108 valence electrons. The van der Waals surface area contributed by atoms with Gasteiger partial charge >= 0.3 is 0 Å². The van der Waals surface area contributed by atoms with Gasteiger partial charge in [-0.25, -0.2) is 4.98 Å². The van der Waals surface area contributed by atoms with Crippen LogP contribution in [0, 0.1) is 11.8 Å². The van der Waals surface area contributed by atoms with Crippen LogP contribution in [0.4, 0.5) is 5.95 Å². The molecular weight excluding hydrogens is 252 g/mol. The lowest BCUT2D eigenvalue weighted by Gasteiger charge is -2.29. The van der Waals surface area contributed by atoms with Gasteiger partial charge in [0.15, 0.2) is 5.65 Å². The number of hydrogen-bond donors (Lipinski definition) is 1. The van der Waals surface area contributed by atoms with E-state index in [1.165, 1.54) is 25.7 Å². The van der Waals surface area contributed by atoms with E-state index in [2.05, 4.69) is 16.9 Å². The van der Waals surface area contributed by atoms with Gasteiger partial charge in [0.1, 0.15) is 5.52 Å². The first-order valence-electron chi connectivity index (χ1n) is 7.36. The Morgan fingerprint density at radius 3 is 2.85 bits per heavy atom. The Kier molecular flexibility index (Phi) is 3.51. The van der Waals surface area contributed by atoms with Crippen LogP contribution in [0.3, 0.4) is 0 Å². The van der Waals surface area contributed by atoms with Gasteiger partial charge in [0, 0.05) is 12.6 Å². The van der Waals surface area contributed by atoms with Crippen molar-refractivity contribution in [2.24, 2.45) is 11.8 Å². The highest BCUT2D eigenvalue weighted by Crippen LogP contribution is 2.32. The number of nitrogens with two attached hydrogens (primary N) is 1. The normalized spacial score (nSPS) is 23.1. The summed E-state index contributed by atoms with van der Waals surface area (Å²) in [6.45, 7) is 3.25. The second kappa shape index (κ2) is 5.31. The van der Waals surface area contributed by atoms with E-state index in [0.717, 1.165) is 23.6 Å². The molecule has 3 rings (SSSR count). The van der Waals surface area contributed by atoms with Crippen LogP contribution < -0.4 is 10.5 Å². The van der Waals surface area contributed by atoms with Crippen LogP contribution in [0.1, 0.15) is 32.6 Å². The van der Waals surface area contributed by atoms with Gasteiger partial charge in [0.25, 0.3) is 0 Å². The Balaban J connectivity index is 1.95. The van der Waals surface area contributed by atoms with Crippen LogP contribution in [-0.2, 0) is 6.54 Å². The highest BCUT2D eigenvalue weighted by atomic mass is 16.5. The molecule has 0 bridgehead atoms. The first-order chi connectivity index (χ1) is 9.69. The number of aromatic nitrogens is 3. The quantitative estimate of drug-likeness (QED) is 0.934. The Morgan fingerprint density at radius 2 is 2.10 bits per heavy atom. The number of anilines is 1. The summed E-state index contributed by atoms with van der Waals surface area (Å²) in [5.74, 6) is 2.57. The largest absolute Gasteiger partial charge is 0.481 e. The van der Waals surface area contributed by atoms with E-state index in [1.54, 1.807) is 7.11 Å². The van der Waals surface area contributed by atoms with E-state index >= 15 is 0 Å². The maximum atomic E-state index is 6.08. The Morgan fingerprint density at radius 1 is 1.30 bits per heavy atom. The predicted molar refractivity (Wildman–Crippen MR) is 79.6 cm³/mol. The molecule has 0 spiro atoms. The van der Waals surface area contributed by atoms with Gasteiger partial charge in [-0.2, -0.15) is 4.98 Å². The van der Waals surface area contributed by atoms with Crippen molar-refractivity contribution in [1.82, 2.24) is 14.5 Å². The number of methoxy groups -OCH3 is 1. The van der Waals surface area contributed by atoms with E-state index in [4.69, 9.17) is 10.5 Å². The molecule has 2 aromatic rings. The molecular formula is C15H22N4O. The lowest BCUT2D eigenvalue weighted by molar-refractivity contribution is 0.231. The second-order valence-electron chi connectivity index (χ2n) is 5.80. The maximum Gasteiger partial charge on any atom is 0.215 e. The van der Waals surface area contributed by atoms with Crippen molar-refractivity contribution in [1.29, 1.82) is 0 Å². The monoisotopic (exact) mass is 274 g/mol. The molecule has 1 saturated carbocycles. The number of hydrogen-bond acceptors (Lipinski definition) is 4. The first kappa shape index (κ1) is 13.2. The molecule has 2 unspecified atom stereocenters. The maximum absolute atomic E-state index is 6.08. The van der Waals surface area contributed by atoms with E-state index in [0.29, 0.717) is 17.7 Å². The van der Waals surface area contributed by atoms with Gasteiger partial charge in [0.05, 0.1) is 7.11 Å². The molecule has 2 aromatic heterocycles. The van der Waals surface area contributed by atoms with Gasteiger partial charge in [0.2, 0.25) is 11.8 Å². The number of ether oxygens (including phenoxy) is 1. The third kappa shape index (κ3) is 2.32. The van der Waals surface area contributed by atoms with Crippen molar-refractivity contribution in [3.8, 4) is 5.88 Å². The van der Waals surface area contributed by atoms with Crippen molar-refractivity contribution in [2.45, 2.75) is 39.2 Å². The van der Waals surface area contributed by atoms with Crippen molar-refractivity contribution >= 4 is 17.1 Å². The Labute approximate surface area is 119 Å². The van der Waals surface area contributed by atoms with Crippen LogP contribution in [0.25, 0.3) is 11.2 Å². The third-order valence-corrected chi connectivity index (χ3v) is 4.51. The topological polar surface area (TPSA) is 66.0 Å². The predicted octanol–water partition coefficient (Wildman–Crippen LogP) is 2.85. The average molecular weight is 274 g/mol. The summed E-state index contributed by atoms with van der Waals surface area (Å²) in [4.78, 5) is 8.90. The zero-order valence-corrected chi connectivity index (χ0v) is 12.2. The second-order valence-corrected chi connectivity index (χ2v) is 5.80. The van der Waals surface area contributed by atoms with E-state index in [-0.39, 0.29) is 0 Å². The highest BCUT2D eigenvalue weighted by molar-refractivity contribution is 5.74. The van der Waals surface area contributed by atoms with Gasteiger partial charge in [-0.3, -0.25) is 4.57 Å². The van der Waals surface area contributed by atoms with Crippen LogP contribution >= 0.6 is 0 Å². The molecule has 2 atom stereocenters. The SMILES string of the molecule is COc1ccc2nc(N)n(CC3CCCCC3C)c2n1. The van der Waals surface area contributed by atoms with Crippen LogP contribution in [-0.4, -0.2) is 21.6 Å². The highest BCUT2D eigenvalue weighted by Gasteiger charge is 2.23. The molecule has 5 heteroatoms. The zero-order valence-electron chi connectivity index (χ0n) is 12.2. The number of pyridine rings is 1. The first-order valence-corrected chi connectivity index (χ1v) is 7.36. The van der Waals surface area contributed by atoms with Gasteiger partial charge in [-0.05, 0) is 24.3 Å². The zero-order chi connectivity index (χ0) is 14.1. The molecule has 0 saturated heterocycles. The summed E-state index contributed by atoms with van der Waals surface area (Å²) >= 11 is 0. The van der Waals surface area contributed by atoms with E-state index in [1.807, 2.05) is 16.7 Å². The molecule has 20 heavy (non-hydrogen) atoms. The smallest absolute Gasteiger partial charge is 0.215 e. The van der Waals surface area contributed by atoms with Crippen molar-refractivity contribution in [3.05, 3.63) is 12.1 Å². The van der Waals surface area contributed by atoms with Gasteiger partial charge in [-0.1, -0.05) is 26.2 Å². The summed E-state index contributed by atoms with van der Waals surface area (Å²) in [7, 11) is 1.63. The van der Waals surface area contributed by atoms with E-state index < -0.39 is 0 Å². The Hall–Kier alpha value is -1.78. The minimum absolute atomic E-state index is 0.554. The summed E-state index contributed by atoms with van der Waals surface area (Å²) in [6.07, 6.45) is 5.25. The summed E-state index contributed by atoms with van der Waals surface area (Å²) in [5.41, 5.74) is 7.75. The number of fused-ring (bicyclic) bond motifs is 1. The molecule has 0 amide bonds. The fourth-order valence-electron chi connectivity index (χ4n) is 3.19. The molecule has 5 nitrogen and oxygen atoms in total. The lowest BCUT2D eigenvalue weighted by Crippen LogP contribution is -2.22. The summed E-state index contributed by atoms with van der Waals surface area (Å²) < 4.78 is 7.25. The molecule has 0 aromatic carbocycles. The molecule has 1 fully saturated rings. The fourth-order valence-corrected chi connectivity index (χ4v) is 3.19. The standard InChI is InChI=1S/C15H22N4O/c1-10-5-3-4-6-11(10)9-19-14-12(17-15(19)16)7-8-13(18-14)20-2/h7-8,10-11H,3-6,9H2,1-2H3,(H2,16,17). The minimum atomic E-state index is 0.554. The summed E-state index contributed by atoms with van der Waals surface area (Å²) in [6, 6.07) is 3.74. The van der Waals surface area contributed by atoms with Crippen LogP contribution in [0.2, 0.25) is 0 Å². The van der Waals surface area contributed by atoms with Crippen molar-refractivity contribution < 1.29 is 4.74 Å². The molecule has 0 aliphatic heterocycles.